The molecule has 0 radical (unpaired) electrons. The van der Waals surface area contributed by atoms with Crippen LogP contribution in [0.4, 0.5) is 0 Å². The van der Waals surface area contributed by atoms with Crippen LogP contribution in [0.15, 0.2) is 76.0 Å². The Morgan fingerprint density at radius 2 is 1.65 bits per heavy atom. The minimum absolute atomic E-state index is 0.135. The summed E-state index contributed by atoms with van der Waals surface area (Å²) in [5.41, 5.74) is 0.860. The van der Waals surface area contributed by atoms with Gasteiger partial charge in [-0.05, 0) is 43.3 Å². The van der Waals surface area contributed by atoms with Gasteiger partial charge in [0.25, 0.3) is 0 Å². The molecule has 0 spiro atoms. The van der Waals surface area contributed by atoms with Crippen LogP contribution in [0.25, 0.3) is 6.08 Å². The number of carbonyl (C=O) groups is 1. The first-order valence-electron chi connectivity index (χ1n) is 8.50. The molecule has 3 rings (SSSR count). The molecule has 0 aliphatic heterocycles. The van der Waals surface area contributed by atoms with Gasteiger partial charge in [-0.15, -0.1) is 0 Å². The van der Waals surface area contributed by atoms with Gasteiger partial charge in [-0.2, -0.15) is 0 Å². The Bertz CT molecular complexity index is 799. The first kappa shape index (κ1) is 17.6. The van der Waals surface area contributed by atoms with Gasteiger partial charge in [0, 0.05) is 11.6 Å². The third-order valence-electron chi connectivity index (χ3n) is 3.79. The molecule has 0 saturated heterocycles. The first-order chi connectivity index (χ1) is 12.8. The fourth-order valence-corrected chi connectivity index (χ4v) is 2.56. The molecule has 1 aromatic carbocycles. The van der Waals surface area contributed by atoms with Crippen molar-refractivity contribution in [3.8, 4) is 5.75 Å². The largest absolute Gasteiger partial charge is 0.493 e. The van der Waals surface area contributed by atoms with Crippen LogP contribution in [-0.4, -0.2) is 17.4 Å². The van der Waals surface area contributed by atoms with E-state index in [4.69, 9.17) is 13.6 Å². The predicted octanol–water partition coefficient (Wildman–Crippen LogP) is 4.51. The quantitative estimate of drug-likeness (QED) is 0.560. The van der Waals surface area contributed by atoms with E-state index in [1.54, 1.807) is 41.7 Å². The predicted molar refractivity (Wildman–Crippen MR) is 98.3 cm³/mol. The molecular formula is C21H21NO4. The van der Waals surface area contributed by atoms with E-state index in [2.05, 4.69) is 0 Å². The Kier molecular flexibility index (Phi) is 5.93. The second kappa shape index (κ2) is 8.76. The molecule has 1 amide bonds. The van der Waals surface area contributed by atoms with Crippen LogP contribution in [0.2, 0.25) is 0 Å². The maximum atomic E-state index is 12.8. The zero-order valence-electron chi connectivity index (χ0n) is 14.6. The topological polar surface area (TPSA) is 55.8 Å². The Hall–Kier alpha value is -3.21. The maximum Gasteiger partial charge on any atom is 0.247 e. The molecule has 3 aromatic rings. The van der Waals surface area contributed by atoms with E-state index in [0.717, 1.165) is 11.3 Å². The molecule has 0 N–H and O–H groups in total. The zero-order chi connectivity index (χ0) is 18.2. The molecule has 0 bridgehead atoms. The molecule has 5 nitrogen and oxygen atoms in total. The van der Waals surface area contributed by atoms with Crippen molar-refractivity contribution in [1.29, 1.82) is 0 Å². The summed E-state index contributed by atoms with van der Waals surface area (Å²) in [5, 5.41) is 0. The number of benzene rings is 1. The molecule has 0 saturated carbocycles. The van der Waals surface area contributed by atoms with Crippen molar-refractivity contribution in [3.63, 3.8) is 0 Å². The van der Waals surface area contributed by atoms with Gasteiger partial charge in [0.15, 0.2) is 0 Å². The number of para-hydroxylation sites is 1. The Morgan fingerprint density at radius 1 is 1.00 bits per heavy atom. The van der Waals surface area contributed by atoms with Gasteiger partial charge < -0.3 is 18.5 Å². The highest BCUT2D eigenvalue weighted by atomic mass is 16.5. The van der Waals surface area contributed by atoms with Gasteiger partial charge in [0.05, 0.1) is 32.2 Å². The summed E-state index contributed by atoms with van der Waals surface area (Å²) in [4.78, 5) is 14.4. The van der Waals surface area contributed by atoms with Gasteiger partial charge in [0.1, 0.15) is 17.3 Å². The number of rotatable bonds is 8. The van der Waals surface area contributed by atoms with Crippen molar-refractivity contribution in [1.82, 2.24) is 4.90 Å². The van der Waals surface area contributed by atoms with E-state index in [-0.39, 0.29) is 5.91 Å². The molecule has 26 heavy (non-hydrogen) atoms. The monoisotopic (exact) mass is 351 g/mol. The molecular weight excluding hydrogens is 330 g/mol. The summed E-state index contributed by atoms with van der Waals surface area (Å²) in [5.74, 6) is 2.05. The van der Waals surface area contributed by atoms with E-state index in [0.29, 0.717) is 31.2 Å². The maximum absolute atomic E-state index is 12.8. The SMILES string of the molecule is CCOc1ccccc1C=CC(=O)N(Cc1ccco1)Cc1ccco1. The standard InChI is InChI=1S/C21H21NO4/c1-2-24-20-10-4-3-7-17(20)11-12-21(23)22(15-18-8-5-13-25-18)16-19-9-6-14-26-19/h3-14H,2,15-16H2,1H3. The van der Waals surface area contributed by atoms with Crippen molar-refractivity contribution < 1.29 is 18.4 Å². The highest BCUT2D eigenvalue weighted by molar-refractivity contribution is 5.92. The number of carbonyl (C=O) groups excluding carboxylic acids is 1. The Balaban J connectivity index is 1.76. The number of furan rings is 2. The summed E-state index contributed by atoms with van der Waals surface area (Å²) < 4.78 is 16.4. The van der Waals surface area contributed by atoms with Crippen molar-refractivity contribution in [3.05, 3.63) is 84.2 Å². The third kappa shape index (κ3) is 4.66. The summed E-state index contributed by atoms with van der Waals surface area (Å²) in [6.07, 6.45) is 6.51. The minimum Gasteiger partial charge on any atom is -0.493 e. The van der Waals surface area contributed by atoms with Crippen molar-refractivity contribution >= 4 is 12.0 Å². The van der Waals surface area contributed by atoms with Crippen molar-refractivity contribution in [2.45, 2.75) is 20.0 Å². The molecule has 0 unspecified atom stereocenters. The lowest BCUT2D eigenvalue weighted by molar-refractivity contribution is -0.127. The van der Waals surface area contributed by atoms with E-state index >= 15 is 0 Å². The van der Waals surface area contributed by atoms with Gasteiger partial charge in [-0.3, -0.25) is 4.79 Å². The van der Waals surface area contributed by atoms with E-state index in [1.807, 2.05) is 43.3 Å². The number of nitrogens with zero attached hydrogens (tertiary/aromatic N) is 1. The Morgan fingerprint density at radius 3 is 2.23 bits per heavy atom. The average Bonchev–Trinajstić information content (AvgIpc) is 3.34. The molecule has 2 aromatic heterocycles. The van der Waals surface area contributed by atoms with Crippen molar-refractivity contribution in [2.24, 2.45) is 0 Å². The Labute approximate surface area is 152 Å². The zero-order valence-corrected chi connectivity index (χ0v) is 14.6. The van der Waals surface area contributed by atoms with E-state index in [9.17, 15) is 4.79 Å². The summed E-state index contributed by atoms with van der Waals surface area (Å²) in [6, 6.07) is 14.9. The second-order valence-corrected chi connectivity index (χ2v) is 5.66. The van der Waals surface area contributed by atoms with Crippen LogP contribution >= 0.6 is 0 Å². The summed E-state index contributed by atoms with van der Waals surface area (Å²) in [6.45, 7) is 3.23. The van der Waals surface area contributed by atoms with Gasteiger partial charge >= 0.3 is 0 Å². The molecule has 0 atom stereocenters. The third-order valence-corrected chi connectivity index (χ3v) is 3.79. The number of amides is 1. The van der Waals surface area contributed by atoms with Crippen molar-refractivity contribution in [2.75, 3.05) is 6.61 Å². The lowest BCUT2D eigenvalue weighted by Gasteiger charge is -2.19. The van der Waals surface area contributed by atoms with Gasteiger partial charge in [-0.1, -0.05) is 18.2 Å². The normalized spacial score (nSPS) is 11.0. The lowest BCUT2D eigenvalue weighted by Crippen LogP contribution is -2.28. The van der Waals surface area contributed by atoms with Crippen LogP contribution in [0.5, 0.6) is 5.75 Å². The fraction of sp³-hybridized carbons (Fsp3) is 0.190. The minimum atomic E-state index is -0.135. The second-order valence-electron chi connectivity index (χ2n) is 5.66. The van der Waals surface area contributed by atoms with Crippen LogP contribution in [-0.2, 0) is 17.9 Å². The van der Waals surface area contributed by atoms with Crippen LogP contribution < -0.4 is 4.74 Å². The summed E-state index contributed by atoms with van der Waals surface area (Å²) in [7, 11) is 0. The highest BCUT2D eigenvalue weighted by Crippen LogP contribution is 2.20. The first-order valence-corrected chi connectivity index (χ1v) is 8.50. The van der Waals surface area contributed by atoms with Crippen LogP contribution in [0, 0.1) is 0 Å². The lowest BCUT2D eigenvalue weighted by atomic mass is 10.2. The number of hydrogen-bond donors (Lipinski definition) is 0. The average molecular weight is 351 g/mol. The molecule has 5 heteroatoms. The molecule has 0 aliphatic carbocycles. The van der Waals surface area contributed by atoms with E-state index < -0.39 is 0 Å². The molecule has 0 fully saturated rings. The molecule has 2 heterocycles. The molecule has 134 valence electrons. The van der Waals surface area contributed by atoms with Crippen LogP contribution in [0.1, 0.15) is 24.0 Å². The molecule has 0 aliphatic rings. The van der Waals surface area contributed by atoms with Gasteiger partial charge in [-0.25, -0.2) is 0 Å². The number of ether oxygens (including phenoxy) is 1. The number of hydrogen-bond acceptors (Lipinski definition) is 4. The fourth-order valence-electron chi connectivity index (χ4n) is 2.56. The van der Waals surface area contributed by atoms with Crippen LogP contribution in [0.3, 0.4) is 0 Å². The van der Waals surface area contributed by atoms with Gasteiger partial charge in [0.2, 0.25) is 5.91 Å². The summed E-state index contributed by atoms with van der Waals surface area (Å²) >= 11 is 0. The highest BCUT2D eigenvalue weighted by Gasteiger charge is 2.15. The van der Waals surface area contributed by atoms with E-state index in [1.165, 1.54) is 0 Å². The smallest absolute Gasteiger partial charge is 0.247 e.